The first-order chi connectivity index (χ1) is 17.5. The quantitative estimate of drug-likeness (QED) is 0.258. The number of aryl methyl sites for hydroxylation is 1. The van der Waals surface area contributed by atoms with Crippen LogP contribution in [0, 0.1) is 19.8 Å². The van der Waals surface area contributed by atoms with E-state index in [1.54, 1.807) is 4.57 Å². The van der Waals surface area contributed by atoms with E-state index in [0.29, 0.717) is 22.0 Å². The van der Waals surface area contributed by atoms with Crippen LogP contribution in [0.15, 0.2) is 82.7 Å². The summed E-state index contributed by atoms with van der Waals surface area (Å²) in [4.78, 5) is 33.5. The molecule has 0 N–H and O–H groups in total. The number of carbonyl (C=O) groups excluding carboxylic acids is 1. The van der Waals surface area contributed by atoms with Gasteiger partial charge in [-0.2, -0.15) is 0 Å². The predicted molar refractivity (Wildman–Crippen MR) is 147 cm³/mol. The maximum absolute atomic E-state index is 13.6. The number of likely N-dealkylation sites (tertiary alicyclic amines) is 1. The van der Waals surface area contributed by atoms with Gasteiger partial charge in [0.1, 0.15) is 0 Å². The Bertz CT molecular complexity index is 1440. The smallest absolute Gasteiger partial charge is 0.266 e. The number of amides is 1. The van der Waals surface area contributed by atoms with Gasteiger partial charge in [0.2, 0.25) is 5.91 Å². The Morgan fingerprint density at radius 2 is 1.67 bits per heavy atom. The third-order valence-corrected chi connectivity index (χ3v) is 8.14. The van der Waals surface area contributed by atoms with Crippen LogP contribution in [0.1, 0.15) is 29.5 Å². The molecule has 3 aromatic carbocycles. The number of para-hydroxylation sites is 1. The SMILES string of the molecule is Cc1cccc(-n2c(SCC(=O)N3CCC(Cc4ccccc4)CC3)nc3ccccc3c2=O)c1C. The highest BCUT2D eigenvalue weighted by Gasteiger charge is 2.24. The van der Waals surface area contributed by atoms with Gasteiger partial charge in [0.25, 0.3) is 5.56 Å². The molecular weight excluding hydrogens is 466 g/mol. The van der Waals surface area contributed by atoms with Crippen LogP contribution in [0.5, 0.6) is 0 Å². The summed E-state index contributed by atoms with van der Waals surface area (Å²) in [5, 5.41) is 1.13. The molecule has 1 aliphatic rings. The summed E-state index contributed by atoms with van der Waals surface area (Å²) in [6.45, 7) is 5.62. The lowest BCUT2D eigenvalue weighted by Crippen LogP contribution is -2.40. The third-order valence-electron chi connectivity index (χ3n) is 7.22. The fourth-order valence-electron chi connectivity index (χ4n) is 4.95. The zero-order chi connectivity index (χ0) is 25.1. The molecule has 5 rings (SSSR count). The number of benzene rings is 3. The number of hydrogen-bond donors (Lipinski definition) is 0. The van der Waals surface area contributed by atoms with E-state index in [4.69, 9.17) is 4.98 Å². The van der Waals surface area contributed by atoms with Gasteiger partial charge in [-0.05, 0) is 73.9 Å². The van der Waals surface area contributed by atoms with Crippen LogP contribution in [0.2, 0.25) is 0 Å². The highest BCUT2D eigenvalue weighted by molar-refractivity contribution is 7.99. The van der Waals surface area contributed by atoms with Crippen molar-refractivity contribution >= 4 is 28.6 Å². The molecule has 0 radical (unpaired) electrons. The largest absolute Gasteiger partial charge is 0.342 e. The molecule has 0 bridgehead atoms. The maximum Gasteiger partial charge on any atom is 0.266 e. The number of fused-ring (bicyclic) bond motifs is 1. The molecule has 1 amide bonds. The first kappa shape index (κ1) is 24.3. The van der Waals surface area contributed by atoms with Crippen LogP contribution in [-0.2, 0) is 11.2 Å². The van der Waals surface area contributed by atoms with Crippen molar-refractivity contribution in [3.8, 4) is 5.69 Å². The first-order valence-electron chi connectivity index (χ1n) is 12.5. The molecule has 0 unspecified atom stereocenters. The van der Waals surface area contributed by atoms with Crippen LogP contribution >= 0.6 is 11.8 Å². The van der Waals surface area contributed by atoms with Crippen LogP contribution in [0.3, 0.4) is 0 Å². The van der Waals surface area contributed by atoms with E-state index in [1.807, 2.05) is 67.3 Å². The number of hydrogen-bond acceptors (Lipinski definition) is 4. The van der Waals surface area contributed by atoms with Gasteiger partial charge in [0, 0.05) is 13.1 Å². The van der Waals surface area contributed by atoms with Crippen molar-refractivity contribution in [1.29, 1.82) is 0 Å². The minimum atomic E-state index is -0.106. The van der Waals surface area contributed by atoms with Crippen LogP contribution in [0.25, 0.3) is 16.6 Å². The van der Waals surface area contributed by atoms with E-state index in [-0.39, 0.29) is 17.2 Å². The standard InChI is InChI=1S/C30H31N3O2S/c1-21-9-8-14-27(22(21)2)33-29(35)25-12-6-7-13-26(25)31-30(33)36-20-28(34)32-17-15-24(16-18-32)19-23-10-4-3-5-11-23/h3-14,24H,15-20H2,1-2H3. The van der Waals surface area contributed by atoms with Crippen molar-refractivity contribution in [1.82, 2.24) is 14.5 Å². The van der Waals surface area contributed by atoms with E-state index in [1.165, 1.54) is 17.3 Å². The Morgan fingerprint density at radius 3 is 2.44 bits per heavy atom. The highest BCUT2D eigenvalue weighted by atomic mass is 32.2. The minimum absolute atomic E-state index is 0.105. The van der Waals surface area contributed by atoms with Gasteiger partial charge in [0.05, 0.1) is 22.3 Å². The summed E-state index contributed by atoms with van der Waals surface area (Å²) in [6, 6.07) is 23.9. The normalized spacial score (nSPS) is 14.3. The number of rotatable bonds is 6. The highest BCUT2D eigenvalue weighted by Crippen LogP contribution is 2.26. The number of carbonyl (C=O) groups is 1. The van der Waals surface area contributed by atoms with Gasteiger partial charge >= 0.3 is 0 Å². The molecule has 5 nitrogen and oxygen atoms in total. The van der Waals surface area contributed by atoms with Gasteiger partial charge in [-0.1, -0.05) is 66.4 Å². The second kappa shape index (κ2) is 10.7. The van der Waals surface area contributed by atoms with Crippen LogP contribution < -0.4 is 5.56 Å². The zero-order valence-corrected chi connectivity index (χ0v) is 21.6. The molecule has 0 saturated carbocycles. The molecule has 1 fully saturated rings. The van der Waals surface area contributed by atoms with E-state index in [2.05, 4.69) is 24.3 Å². The van der Waals surface area contributed by atoms with Crippen molar-refractivity contribution < 1.29 is 4.79 Å². The Hall–Kier alpha value is -3.38. The summed E-state index contributed by atoms with van der Waals surface area (Å²) >= 11 is 1.35. The molecule has 1 aromatic heterocycles. The number of thioether (sulfide) groups is 1. The minimum Gasteiger partial charge on any atom is -0.342 e. The average Bonchev–Trinajstić information content (AvgIpc) is 2.90. The lowest BCUT2D eigenvalue weighted by atomic mass is 9.90. The molecule has 0 spiro atoms. The Labute approximate surface area is 216 Å². The fraction of sp³-hybridized carbons (Fsp3) is 0.300. The summed E-state index contributed by atoms with van der Waals surface area (Å²) in [7, 11) is 0. The maximum atomic E-state index is 13.6. The summed E-state index contributed by atoms with van der Waals surface area (Å²) in [5.74, 6) is 0.979. The van der Waals surface area contributed by atoms with E-state index in [0.717, 1.165) is 49.2 Å². The molecule has 1 aliphatic heterocycles. The van der Waals surface area contributed by atoms with Crippen molar-refractivity contribution in [2.24, 2.45) is 5.92 Å². The van der Waals surface area contributed by atoms with E-state index < -0.39 is 0 Å². The molecule has 4 aromatic rings. The lowest BCUT2D eigenvalue weighted by Gasteiger charge is -2.32. The predicted octanol–water partition coefficient (Wildman–Crippen LogP) is 5.58. The Kier molecular flexibility index (Phi) is 7.23. The van der Waals surface area contributed by atoms with Gasteiger partial charge in [-0.3, -0.25) is 14.2 Å². The topological polar surface area (TPSA) is 55.2 Å². The van der Waals surface area contributed by atoms with Gasteiger partial charge in [-0.25, -0.2) is 4.98 Å². The third kappa shape index (κ3) is 5.09. The summed E-state index contributed by atoms with van der Waals surface area (Å²) in [6.07, 6.45) is 3.11. The van der Waals surface area contributed by atoms with Crippen molar-refractivity contribution in [2.45, 2.75) is 38.3 Å². The summed E-state index contributed by atoms with van der Waals surface area (Å²) in [5.41, 5.74) is 4.87. The summed E-state index contributed by atoms with van der Waals surface area (Å²) < 4.78 is 1.68. The fourth-order valence-corrected chi connectivity index (χ4v) is 5.86. The van der Waals surface area contributed by atoms with Gasteiger partial charge in [-0.15, -0.1) is 0 Å². The van der Waals surface area contributed by atoms with E-state index in [9.17, 15) is 9.59 Å². The van der Waals surface area contributed by atoms with Crippen molar-refractivity contribution in [2.75, 3.05) is 18.8 Å². The molecule has 0 atom stereocenters. The zero-order valence-electron chi connectivity index (χ0n) is 20.8. The molecule has 6 heteroatoms. The monoisotopic (exact) mass is 497 g/mol. The molecule has 0 aliphatic carbocycles. The number of piperidine rings is 1. The van der Waals surface area contributed by atoms with Crippen molar-refractivity contribution in [3.05, 3.63) is 99.8 Å². The van der Waals surface area contributed by atoms with Crippen LogP contribution in [0.4, 0.5) is 0 Å². The first-order valence-corrected chi connectivity index (χ1v) is 13.5. The molecular formula is C30H31N3O2S. The van der Waals surface area contributed by atoms with Gasteiger partial charge in [0.15, 0.2) is 5.16 Å². The second-order valence-corrected chi connectivity index (χ2v) is 10.5. The Morgan fingerprint density at radius 1 is 0.944 bits per heavy atom. The lowest BCUT2D eigenvalue weighted by molar-refractivity contribution is -0.129. The number of nitrogens with zero attached hydrogens (tertiary/aromatic N) is 3. The van der Waals surface area contributed by atoms with Gasteiger partial charge < -0.3 is 4.90 Å². The van der Waals surface area contributed by atoms with Crippen molar-refractivity contribution in [3.63, 3.8) is 0 Å². The molecule has 184 valence electrons. The van der Waals surface area contributed by atoms with E-state index >= 15 is 0 Å². The molecule has 1 saturated heterocycles. The molecule has 36 heavy (non-hydrogen) atoms. The number of aromatic nitrogens is 2. The molecule has 2 heterocycles. The average molecular weight is 498 g/mol. The van der Waals surface area contributed by atoms with Crippen LogP contribution in [-0.4, -0.2) is 39.2 Å². The Balaban J connectivity index is 1.33. The second-order valence-electron chi connectivity index (χ2n) is 9.57.